The molecule has 2 aromatic carbocycles. The van der Waals surface area contributed by atoms with Gasteiger partial charge in [0, 0.05) is 37.1 Å². The lowest BCUT2D eigenvalue weighted by Crippen LogP contribution is -2.58. The Kier molecular flexibility index (Phi) is 8.29. The molecule has 1 unspecified atom stereocenters. The number of rotatable bonds is 7. The van der Waals surface area contributed by atoms with Gasteiger partial charge in [-0.2, -0.15) is 0 Å². The first-order valence-electron chi connectivity index (χ1n) is 11.1. The van der Waals surface area contributed by atoms with Crippen molar-refractivity contribution in [1.29, 1.82) is 0 Å². The summed E-state index contributed by atoms with van der Waals surface area (Å²) in [4.78, 5) is 51.2. The minimum Gasteiger partial charge on any atom is -0.480 e. The van der Waals surface area contributed by atoms with E-state index in [0.717, 1.165) is 10.5 Å². The Morgan fingerprint density at radius 2 is 1.86 bits per heavy atom. The number of hydrogen-bond acceptors (Lipinski definition) is 6. The number of aliphatic carboxylic acids is 1. The number of nitrogens with zero attached hydrogens (tertiary/aromatic N) is 3. The van der Waals surface area contributed by atoms with Crippen LogP contribution in [0.3, 0.4) is 0 Å². The fourth-order valence-corrected chi connectivity index (χ4v) is 5.06. The average Bonchev–Trinajstić information content (AvgIpc) is 2.82. The molecule has 0 aliphatic carbocycles. The highest BCUT2D eigenvalue weighted by molar-refractivity contribution is 7.99. The highest BCUT2D eigenvalue weighted by atomic mass is 32.2. The summed E-state index contributed by atoms with van der Waals surface area (Å²) in [5.74, 6) is -1.69. The van der Waals surface area contributed by atoms with Crippen LogP contribution in [0.15, 0.2) is 58.3 Å². The van der Waals surface area contributed by atoms with Crippen molar-refractivity contribution in [2.75, 3.05) is 19.6 Å². The molecule has 1 aliphatic rings. The summed E-state index contributed by atoms with van der Waals surface area (Å²) in [6.07, 6.45) is 2.74. The van der Waals surface area contributed by atoms with Crippen LogP contribution in [0, 0.1) is 10.1 Å². The van der Waals surface area contributed by atoms with Gasteiger partial charge in [0.15, 0.2) is 0 Å². The fraction of sp³-hybridized carbons (Fsp3) is 0.320. The molecular formula is C25H27N3O6S. The lowest BCUT2D eigenvalue weighted by molar-refractivity contribution is -0.387. The van der Waals surface area contributed by atoms with Crippen LogP contribution in [0.5, 0.6) is 0 Å². The maximum atomic E-state index is 12.6. The first-order valence-corrected chi connectivity index (χ1v) is 11.9. The van der Waals surface area contributed by atoms with Gasteiger partial charge < -0.3 is 14.9 Å². The van der Waals surface area contributed by atoms with Crippen LogP contribution in [0.25, 0.3) is 6.08 Å². The third kappa shape index (κ3) is 6.27. The topological polar surface area (TPSA) is 121 Å². The van der Waals surface area contributed by atoms with E-state index in [4.69, 9.17) is 0 Å². The van der Waals surface area contributed by atoms with E-state index < -0.39 is 22.8 Å². The molecule has 2 amide bonds. The normalized spacial score (nSPS) is 16.1. The van der Waals surface area contributed by atoms with E-state index in [0.29, 0.717) is 10.5 Å². The van der Waals surface area contributed by atoms with Crippen LogP contribution in [-0.4, -0.2) is 63.3 Å². The second-order valence-electron chi connectivity index (χ2n) is 8.46. The van der Waals surface area contributed by atoms with Crippen LogP contribution < -0.4 is 0 Å². The molecule has 1 aliphatic heterocycles. The van der Waals surface area contributed by atoms with Crippen molar-refractivity contribution in [3.05, 3.63) is 69.8 Å². The highest BCUT2D eigenvalue weighted by Gasteiger charge is 2.35. The van der Waals surface area contributed by atoms with E-state index in [2.05, 4.69) is 13.8 Å². The third-order valence-electron chi connectivity index (χ3n) is 5.74. The van der Waals surface area contributed by atoms with Gasteiger partial charge in [0.05, 0.1) is 16.4 Å². The molecule has 0 bridgehead atoms. The summed E-state index contributed by atoms with van der Waals surface area (Å²) >= 11 is 1.33. The van der Waals surface area contributed by atoms with E-state index in [9.17, 15) is 29.6 Å². The summed E-state index contributed by atoms with van der Waals surface area (Å²) < 4.78 is 0. The van der Waals surface area contributed by atoms with Crippen LogP contribution in [-0.2, 0) is 14.4 Å². The highest BCUT2D eigenvalue weighted by Crippen LogP contribution is 2.39. The zero-order valence-corrected chi connectivity index (χ0v) is 20.5. The van der Waals surface area contributed by atoms with E-state index in [1.807, 2.05) is 24.3 Å². The Hall–Kier alpha value is -3.66. The minimum atomic E-state index is -1.18. The Labute approximate surface area is 207 Å². The maximum absolute atomic E-state index is 12.6. The first kappa shape index (κ1) is 26.0. The molecule has 184 valence electrons. The zero-order valence-electron chi connectivity index (χ0n) is 19.7. The predicted molar refractivity (Wildman–Crippen MR) is 132 cm³/mol. The van der Waals surface area contributed by atoms with Crippen LogP contribution >= 0.6 is 11.8 Å². The molecule has 9 nitrogen and oxygen atoms in total. The summed E-state index contributed by atoms with van der Waals surface area (Å²) in [5, 5.41) is 21.2. The lowest BCUT2D eigenvalue weighted by Gasteiger charge is -2.38. The number of carboxylic acid groups (broad SMARTS) is 1. The number of carbonyl (C=O) groups is 3. The van der Waals surface area contributed by atoms with Crippen molar-refractivity contribution >= 4 is 41.3 Å². The van der Waals surface area contributed by atoms with Crippen molar-refractivity contribution in [3.8, 4) is 0 Å². The van der Waals surface area contributed by atoms with Gasteiger partial charge in [-0.15, -0.1) is 0 Å². The second kappa shape index (κ2) is 11.2. The smallest absolute Gasteiger partial charge is 0.328 e. The van der Waals surface area contributed by atoms with Crippen molar-refractivity contribution in [1.82, 2.24) is 9.80 Å². The molecule has 0 radical (unpaired) electrons. The van der Waals surface area contributed by atoms with Gasteiger partial charge in [0.25, 0.3) is 5.69 Å². The summed E-state index contributed by atoms with van der Waals surface area (Å²) in [6.45, 7) is 5.64. The summed E-state index contributed by atoms with van der Waals surface area (Å²) in [7, 11) is 0. The van der Waals surface area contributed by atoms with Gasteiger partial charge in [-0.3, -0.25) is 19.7 Å². The van der Waals surface area contributed by atoms with E-state index in [1.54, 1.807) is 12.1 Å². The zero-order chi connectivity index (χ0) is 25.7. The first-order chi connectivity index (χ1) is 16.6. The number of nitro groups is 1. The van der Waals surface area contributed by atoms with Crippen molar-refractivity contribution in [2.45, 2.75) is 42.5 Å². The van der Waals surface area contributed by atoms with E-state index in [-0.39, 0.29) is 37.1 Å². The standard InChI is InChI=1S/C25H27N3O6S/c1-16(2)19-6-4-5-7-22(19)35-23-10-8-18(14-20(23)28(33)34)9-11-24(30)26-12-13-27(17(3)29)21(15-26)25(31)32/h4-11,14,16,21H,12-13,15H2,1-3H3,(H,31,32)/b11-9+. The maximum Gasteiger partial charge on any atom is 0.328 e. The molecule has 1 N–H and O–H groups in total. The molecule has 0 saturated carbocycles. The SMILES string of the molecule is CC(=O)N1CCN(C(=O)/C=C/c2ccc(Sc3ccccc3C(C)C)c([N+](=O)[O-])c2)CC1C(=O)O. The summed E-state index contributed by atoms with van der Waals surface area (Å²) in [6, 6.07) is 11.5. The van der Waals surface area contributed by atoms with Crippen LogP contribution in [0.4, 0.5) is 5.69 Å². The Bertz CT molecular complexity index is 1180. The Balaban J connectivity index is 1.78. The van der Waals surface area contributed by atoms with Gasteiger partial charge in [-0.25, -0.2) is 4.79 Å². The molecule has 1 saturated heterocycles. The van der Waals surface area contributed by atoms with Gasteiger partial charge in [-0.1, -0.05) is 49.9 Å². The molecule has 2 aromatic rings. The molecule has 1 heterocycles. The molecule has 1 fully saturated rings. The molecule has 3 rings (SSSR count). The number of carboxylic acids is 1. The Morgan fingerprint density at radius 3 is 2.49 bits per heavy atom. The van der Waals surface area contributed by atoms with Gasteiger partial charge in [0.1, 0.15) is 6.04 Å². The molecule has 1 atom stereocenters. The molecule has 35 heavy (non-hydrogen) atoms. The largest absolute Gasteiger partial charge is 0.480 e. The Morgan fingerprint density at radius 1 is 1.14 bits per heavy atom. The van der Waals surface area contributed by atoms with Crippen molar-refractivity contribution in [2.24, 2.45) is 0 Å². The molecule has 0 aromatic heterocycles. The average molecular weight is 498 g/mol. The number of nitro benzene ring substituents is 1. The lowest BCUT2D eigenvalue weighted by atomic mass is 10.0. The predicted octanol–water partition coefficient (Wildman–Crippen LogP) is 4.03. The minimum absolute atomic E-state index is 0.0656. The molecular weight excluding hydrogens is 470 g/mol. The monoisotopic (exact) mass is 497 g/mol. The number of amides is 2. The fourth-order valence-electron chi connectivity index (χ4n) is 3.88. The molecule has 0 spiro atoms. The van der Waals surface area contributed by atoms with E-state index in [1.165, 1.54) is 46.7 Å². The van der Waals surface area contributed by atoms with Gasteiger partial charge in [-0.05, 0) is 35.3 Å². The quantitative estimate of drug-likeness (QED) is 0.348. The van der Waals surface area contributed by atoms with Crippen LogP contribution in [0.2, 0.25) is 0 Å². The third-order valence-corrected chi connectivity index (χ3v) is 6.90. The number of piperazine rings is 1. The second-order valence-corrected chi connectivity index (χ2v) is 9.55. The van der Waals surface area contributed by atoms with Gasteiger partial charge in [0.2, 0.25) is 11.8 Å². The summed E-state index contributed by atoms with van der Waals surface area (Å²) in [5.41, 5.74) is 1.51. The van der Waals surface area contributed by atoms with E-state index >= 15 is 0 Å². The number of benzene rings is 2. The molecule has 10 heteroatoms. The van der Waals surface area contributed by atoms with Crippen LogP contribution in [0.1, 0.15) is 37.8 Å². The van der Waals surface area contributed by atoms with Crippen molar-refractivity contribution in [3.63, 3.8) is 0 Å². The van der Waals surface area contributed by atoms with Crippen molar-refractivity contribution < 1.29 is 24.4 Å². The number of carbonyl (C=O) groups excluding carboxylic acids is 2. The van der Waals surface area contributed by atoms with Gasteiger partial charge >= 0.3 is 5.97 Å². The number of hydrogen-bond donors (Lipinski definition) is 1.